The molecule has 9 heteroatoms. The van der Waals surface area contributed by atoms with E-state index in [0.717, 1.165) is 12.1 Å². The first-order valence-electron chi connectivity index (χ1n) is 5.45. The molecular weight excluding hydrogens is 351 g/mol. The summed E-state index contributed by atoms with van der Waals surface area (Å²) in [5.41, 5.74) is -1.28. The summed E-state index contributed by atoms with van der Waals surface area (Å²) in [5, 5.41) is 21.8. The van der Waals surface area contributed by atoms with Crippen molar-refractivity contribution in [3.63, 3.8) is 0 Å². The van der Waals surface area contributed by atoms with Crippen LogP contribution < -0.4 is 4.74 Å². The number of nitro benzene ring substituents is 2. The molecule has 0 spiro atoms. The van der Waals surface area contributed by atoms with Crippen molar-refractivity contribution in [2.24, 2.45) is 0 Å². The Morgan fingerprint density at radius 3 is 2.38 bits per heavy atom. The van der Waals surface area contributed by atoms with Crippen LogP contribution in [0.3, 0.4) is 0 Å². The largest absolute Gasteiger partial charge is 0.443 e. The minimum atomic E-state index is -1.09. The summed E-state index contributed by atoms with van der Waals surface area (Å²) in [6, 6.07) is 7.18. The van der Waals surface area contributed by atoms with E-state index in [0.29, 0.717) is 4.47 Å². The lowest BCUT2D eigenvalue weighted by molar-refractivity contribution is -0.389. The normalized spacial score (nSPS) is 10.2. The summed E-state index contributed by atoms with van der Waals surface area (Å²) in [6.45, 7) is 0. The van der Waals surface area contributed by atoms with Gasteiger partial charge in [-0.2, -0.15) is 4.39 Å². The number of nitrogens with zero attached hydrogens (tertiary/aromatic N) is 2. The van der Waals surface area contributed by atoms with Crippen molar-refractivity contribution in [1.29, 1.82) is 0 Å². The maximum Gasteiger partial charge on any atom is 0.346 e. The zero-order valence-corrected chi connectivity index (χ0v) is 11.7. The van der Waals surface area contributed by atoms with E-state index in [1.54, 1.807) is 0 Å². The van der Waals surface area contributed by atoms with Crippen LogP contribution in [-0.4, -0.2) is 9.85 Å². The lowest BCUT2D eigenvalue weighted by Gasteiger charge is -2.07. The molecule has 2 aromatic rings. The molecule has 0 aliphatic heterocycles. The lowest BCUT2D eigenvalue weighted by Crippen LogP contribution is -1.98. The summed E-state index contributed by atoms with van der Waals surface area (Å²) < 4.78 is 19.1. The molecule has 0 saturated carbocycles. The molecule has 0 heterocycles. The van der Waals surface area contributed by atoms with E-state index in [2.05, 4.69) is 15.9 Å². The van der Waals surface area contributed by atoms with E-state index in [1.165, 1.54) is 24.3 Å². The predicted molar refractivity (Wildman–Crippen MR) is 73.9 cm³/mol. The Morgan fingerprint density at radius 2 is 1.76 bits per heavy atom. The number of nitro groups is 2. The first kappa shape index (κ1) is 14.9. The Bertz CT molecular complexity index is 738. The number of ether oxygens (including phenoxy) is 1. The monoisotopic (exact) mass is 356 g/mol. The van der Waals surface area contributed by atoms with Crippen molar-refractivity contribution < 1.29 is 19.0 Å². The van der Waals surface area contributed by atoms with Crippen molar-refractivity contribution >= 4 is 27.3 Å². The minimum absolute atomic E-state index is 0.225. The third kappa shape index (κ3) is 3.14. The second-order valence-electron chi connectivity index (χ2n) is 3.81. The fourth-order valence-corrected chi connectivity index (χ4v) is 1.94. The average Bonchev–Trinajstić information content (AvgIpc) is 2.40. The summed E-state index contributed by atoms with van der Waals surface area (Å²) in [6.07, 6.45) is 0. The van der Waals surface area contributed by atoms with Crippen LogP contribution in [-0.2, 0) is 0 Å². The van der Waals surface area contributed by atoms with Gasteiger partial charge in [-0.1, -0.05) is 22.0 Å². The second-order valence-corrected chi connectivity index (χ2v) is 4.73. The molecule has 0 aliphatic carbocycles. The van der Waals surface area contributed by atoms with Crippen LogP contribution in [0.25, 0.3) is 0 Å². The molecule has 0 amide bonds. The Hall–Kier alpha value is -2.55. The molecular formula is C12H6BrFN2O5. The number of hydrogen-bond donors (Lipinski definition) is 0. The zero-order chi connectivity index (χ0) is 15.6. The van der Waals surface area contributed by atoms with Crippen LogP contribution in [0.2, 0.25) is 0 Å². The van der Waals surface area contributed by atoms with Gasteiger partial charge in [0.15, 0.2) is 0 Å². The smallest absolute Gasteiger partial charge is 0.346 e. The van der Waals surface area contributed by atoms with E-state index in [1.807, 2.05) is 0 Å². The predicted octanol–water partition coefficient (Wildman–Crippen LogP) is 4.20. The summed E-state index contributed by atoms with van der Waals surface area (Å²) in [4.78, 5) is 20.1. The molecule has 7 nitrogen and oxygen atoms in total. The molecule has 0 unspecified atom stereocenters. The highest BCUT2D eigenvalue weighted by Gasteiger charge is 2.24. The number of benzene rings is 2. The Balaban J connectivity index is 2.51. The summed E-state index contributed by atoms with van der Waals surface area (Å²) >= 11 is 3.07. The van der Waals surface area contributed by atoms with Crippen LogP contribution in [0.1, 0.15) is 0 Å². The van der Waals surface area contributed by atoms with Gasteiger partial charge in [-0.15, -0.1) is 0 Å². The molecule has 0 bridgehead atoms. The molecule has 21 heavy (non-hydrogen) atoms. The fraction of sp³-hybridized carbons (Fsp3) is 0. The maximum atomic E-state index is 13.5. The third-order valence-corrected chi connectivity index (χ3v) is 2.96. The first-order valence-corrected chi connectivity index (χ1v) is 6.24. The highest BCUT2D eigenvalue weighted by Crippen LogP contribution is 2.38. The van der Waals surface area contributed by atoms with Crippen molar-refractivity contribution in [1.82, 2.24) is 0 Å². The highest BCUT2D eigenvalue weighted by molar-refractivity contribution is 9.10. The third-order valence-electron chi connectivity index (χ3n) is 2.47. The van der Waals surface area contributed by atoms with Gasteiger partial charge in [0.25, 0.3) is 0 Å². The standard InChI is InChI=1S/C12H6BrFN2O5/c13-7-4-5-10(9(6-7)15(17)18)21-11-3-1-2-8(14)12(11)16(19)20/h1-6H. The Labute approximate surface area is 125 Å². The molecule has 108 valence electrons. The maximum absolute atomic E-state index is 13.5. The van der Waals surface area contributed by atoms with Gasteiger partial charge >= 0.3 is 11.4 Å². The van der Waals surface area contributed by atoms with Gasteiger partial charge in [-0.25, -0.2) is 0 Å². The molecule has 0 N–H and O–H groups in total. The van der Waals surface area contributed by atoms with Crippen molar-refractivity contribution in [3.8, 4) is 11.5 Å². The molecule has 0 atom stereocenters. The Morgan fingerprint density at radius 1 is 1.05 bits per heavy atom. The first-order chi connectivity index (χ1) is 9.90. The molecule has 2 rings (SSSR count). The van der Waals surface area contributed by atoms with Gasteiger partial charge in [0.1, 0.15) is 0 Å². The summed E-state index contributed by atoms with van der Waals surface area (Å²) in [5.74, 6) is -1.72. The number of rotatable bonds is 4. The van der Waals surface area contributed by atoms with E-state index in [9.17, 15) is 24.6 Å². The molecule has 0 radical (unpaired) electrons. The molecule has 0 fully saturated rings. The van der Waals surface area contributed by atoms with Crippen LogP contribution >= 0.6 is 15.9 Å². The SMILES string of the molecule is O=[N+]([O-])c1cc(Br)ccc1Oc1cccc(F)c1[N+](=O)[O-]. The zero-order valence-electron chi connectivity index (χ0n) is 10.2. The van der Waals surface area contributed by atoms with Crippen LogP contribution in [0.4, 0.5) is 15.8 Å². The van der Waals surface area contributed by atoms with Crippen LogP contribution in [0, 0.1) is 26.0 Å². The van der Waals surface area contributed by atoms with Crippen molar-refractivity contribution in [2.45, 2.75) is 0 Å². The number of hydrogen-bond acceptors (Lipinski definition) is 5. The van der Waals surface area contributed by atoms with Gasteiger partial charge < -0.3 is 4.74 Å². The van der Waals surface area contributed by atoms with Crippen molar-refractivity contribution in [2.75, 3.05) is 0 Å². The van der Waals surface area contributed by atoms with Gasteiger partial charge in [0.2, 0.25) is 17.3 Å². The van der Waals surface area contributed by atoms with Crippen LogP contribution in [0.5, 0.6) is 11.5 Å². The minimum Gasteiger partial charge on any atom is -0.443 e. The van der Waals surface area contributed by atoms with E-state index in [4.69, 9.17) is 4.74 Å². The topological polar surface area (TPSA) is 95.5 Å². The molecule has 0 saturated heterocycles. The van der Waals surface area contributed by atoms with Gasteiger partial charge in [0.05, 0.1) is 9.85 Å². The molecule has 0 aromatic heterocycles. The van der Waals surface area contributed by atoms with Crippen LogP contribution in [0.15, 0.2) is 40.9 Å². The van der Waals surface area contributed by atoms with E-state index in [-0.39, 0.29) is 5.75 Å². The fourth-order valence-electron chi connectivity index (χ4n) is 1.59. The average molecular weight is 357 g/mol. The number of para-hydroxylation sites is 1. The van der Waals surface area contributed by atoms with Gasteiger partial charge in [0, 0.05) is 10.5 Å². The highest BCUT2D eigenvalue weighted by atomic mass is 79.9. The summed E-state index contributed by atoms with van der Waals surface area (Å²) in [7, 11) is 0. The molecule has 2 aromatic carbocycles. The van der Waals surface area contributed by atoms with Gasteiger partial charge in [-0.3, -0.25) is 20.2 Å². The molecule has 0 aliphatic rings. The Kier molecular flexibility index (Phi) is 4.13. The van der Waals surface area contributed by atoms with Gasteiger partial charge in [-0.05, 0) is 24.3 Å². The number of halogens is 2. The van der Waals surface area contributed by atoms with E-state index < -0.39 is 32.8 Å². The van der Waals surface area contributed by atoms with E-state index >= 15 is 0 Å². The second kappa shape index (κ2) is 5.83. The lowest BCUT2D eigenvalue weighted by atomic mass is 10.2. The quantitative estimate of drug-likeness (QED) is 0.604. The van der Waals surface area contributed by atoms with Crippen molar-refractivity contribution in [3.05, 3.63) is 66.9 Å².